The largest absolute Gasteiger partial charge is 0.394 e. The highest BCUT2D eigenvalue weighted by Crippen LogP contribution is 2.31. The molecule has 9 nitrogen and oxygen atoms in total. The van der Waals surface area contributed by atoms with Crippen LogP contribution in [0.25, 0.3) is 33.4 Å². The highest BCUT2D eigenvalue weighted by molar-refractivity contribution is 5.95. The average Bonchev–Trinajstić information content (AvgIpc) is 3.51. The number of benzene rings is 1. The zero-order valence-corrected chi connectivity index (χ0v) is 18.7. The van der Waals surface area contributed by atoms with E-state index < -0.39 is 6.10 Å². The molecule has 0 aliphatic carbocycles. The van der Waals surface area contributed by atoms with Gasteiger partial charge in [-0.25, -0.2) is 15.0 Å². The number of H-pyrrole nitrogens is 1. The first-order chi connectivity index (χ1) is 16.6. The maximum atomic E-state index is 10.7. The van der Waals surface area contributed by atoms with Crippen LogP contribution in [0.4, 0.5) is 5.95 Å². The summed E-state index contributed by atoms with van der Waals surface area (Å²) in [6.07, 6.45) is 7.03. The van der Waals surface area contributed by atoms with Gasteiger partial charge in [0.1, 0.15) is 5.65 Å². The molecule has 0 saturated heterocycles. The van der Waals surface area contributed by atoms with Crippen molar-refractivity contribution >= 4 is 17.0 Å². The van der Waals surface area contributed by atoms with Crippen molar-refractivity contribution < 1.29 is 10.2 Å². The minimum Gasteiger partial charge on any atom is -0.394 e. The Labute approximate surface area is 196 Å². The number of aromatic amines is 1. The fraction of sp³-hybridized carbons (Fsp3) is 0.200. The van der Waals surface area contributed by atoms with Crippen molar-refractivity contribution in [3.05, 3.63) is 78.5 Å². The third-order valence-corrected chi connectivity index (χ3v) is 5.69. The lowest BCUT2D eigenvalue weighted by molar-refractivity contribution is 0.177. The average molecular weight is 456 g/mol. The van der Waals surface area contributed by atoms with Gasteiger partial charge in [0.25, 0.3) is 0 Å². The number of pyridine rings is 1. The molecule has 0 bridgehead atoms. The number of aromatic nitrogens is 6. The predicted molar refractivity (Wildman–Crippen MR) is 130 cm³/mol. The number of nitrogens with one attached hydrogen (secondary N) is 2. The number of aliphatic hydroxyl groups is 2. The first-order valence-corrected chi connectivity index (χ1v) is 11.0. The fourth-order valence-corrected chi connectivity index (χ4v) is 3.95. The van der Waals surface area contributed by atoms with Gasteiger partial charge in [-0.1, -0.05) is 30.3 Å². The number of fused-ring (bicyclic) bond motifs is 1. The molecule has 5 aromatic rings. The van der Waals surface area contributed by atoms with Gasteiger partial charge in [-0.3, -0.25) is 4.68 Å². The summed E-state index contributed by atoms with van der Waals surface area (Å²) < 4.78 is 1.70. The first-order valence-electron chi connectivity index (χ1n) is 11.0. The van der Waals surface area contributed by atoms with E-state index in [1.165, 1.54) is 0 Å². The van der Waals surface area contributed by atoms with Crippen LogP contribution in [0.1, 0.15) is 17.4 Å². The van der Waals surface area contributed by atoms with Crippen molar-refractivity contribution in [2.24, 2.45) is 0 Å². The van der Waals surface area contributed by atoms with Gasteiger partial charge in [0.2, 0.25) is 5.95 Å². The molecule has 34 heavy (non-hydrogen) atoms. The molecule has 1 aromatic carbocycles. The van der Waals surface area contributed by atoms with Crippen molar-refractivity contribution in [3.63, 3.8) is 0 Å². The Morgan fingerprint density at radius 1 is 1.09 bits per heavy atom. The van der Waals surface area contributed by atoms with Crippen LogP contribution in [0.2, 0.25) is 0 Å². The Morgan fingerprint density at radius 2 is 1.94 bits per heavy atom. The number of hydrogen-bond acceptors (Lipinski definition) is 7. The van der Waals surface area contributed by atoms with Gasteiger partial charge in [0.15, 0.2) is 0 Å². The van der Waals surface area contributed by atoms with Crippen LogP contribution in [0.5, 0.6) is 0 Å². The Kier molecular flexibility index (Phi) is 6.03. The maximum Gasteiger partial charge on any atom is 0.223 e. The Bertz CT molecular complexity index is 1410. The standard InChI is InChI=1S/C25H25N7O2/c1-26-25-30-19(11-23(34)16-5-3-2-4-6-16)10-22(31-25)21-14-28-24-20(21)9-17(12-27-24)18-13-29-32(15-18)7-8-33/h2-6,9-10,12-15,23,33-34H,7-8,11H2,1H3,(H,27,28)(H,26,30,31). The zero-order chi connectivity index (χ0) is 23.5. The molecule has 5 rings (SSSR count). The van der Waals surface area contributed by atoms with Crippen LogP contribution in [0.3, 0.4) is 0 Å². The van der Waals surface area contributed by atoms with E-state index in [4.69, 9.17) is 5.11 Å². The summed E-state index contributed by atoms with van der Waals surface area (Å²) in [4.78, 5) is 17.0. The van der Waals surface area contributed by atoms with Crippen LogP contribution >= 0.6 is 0 Å². The van der Waals surface area contributed by atoms with Gasteiger partial charge >= 0.3 is 0 Å². The molecule has 172 valence electrons. The van der Waals surface area contributed by atoms with E-state index in [9.17, 15) is 5.11 Å². The quantitative estimate of drug-likeness (QED) is 0.283. The molecular weight excluding hydrogens is 430 g/mol. The fourth-order valence-electron chi connectivity index (χ4n) is 3.95. The van der Waals surface area contributed by atoms with Crippen LogP contribution in [0, 0.1) is 0 Å². The van der Waals surface area contributed by atoms with Crippen molar-refractivity contribution in [2.45, 2.75) is 19.1 Å². The highest BCUT2D eigenvalue weighted by Gasteiger charge is 2.16. The van der Waals surface area contributed by atoms with Crippen molar-refractivity contribution in [2.75, 3.05) is 19.0 Å². The number of aliphatic hydroxyl groups excluding tert-OH is 2. The topological polar surface area (TPSA) is 125 Å². The highest BCUT2D eigenvalue weighted by atomic mass is 16.3. The summed E-state index contributed by atoms with van der Waals surface area (Å²) in [5, 5.41) is 28.1. The van der Waals surface area contributed by atoms with Crippen molar-refractivity contribution in [1.29, 1.82) is 0 Å². The lowest BCUT2D eigenvalue weighted by Crippen LogP contribution is -2.07. The molecule has 0 spiro atoms. The molecule has 0 radical (unpaired) electrons. The molecule has 4 aromatic heterocycles. The van der Waals surface area contributed by atoms with Crippen LogP contribution in [-0.2, 0) is 13.0 Å². The van der Waals surface area contributed by atoms with E-state index >= 15 is 0 Å². The summed E-state index contributed by atoms with van der Waals surface area (Å²) in [6.45, 7) is 0.472. The molecule has 4 heterocycles. The van der Waals surface area contributed by atoms with Gasteiger partial charge in [-0.15, -0.1) is 0 Å². The molecular formula is C25H25N7O2. The van der Waals surface area contributed by atoms with Gasteiger partial charge in [-0.05, 0) is 17.7 Å². The van der Waals surface area contributed by atoms with E-state index in [0.717, 1.165) is 44.7 Å². The Hall–Kier alpha value is -4.08. The minimum atomic E-state index is -0.666. The Balaban J connectivity index is 1.51. The second kappa shape index (κ2) is 9.42. The van der Waals surface area contributed by atoms with Crippen LogP contribution in [0.15, 0.2) is 67.3 Å². The molecule has 1 unspecified atom stereocenters. The van der Waals surface area contributed by atoms with E-state index in [1.807, 2.05) is 54.9 Å². The van der Waals surface area contributed by atoms with Gasteiger partial charge in [0, 0.05) is 59.8 Å². The lowest BCUT2D eigenvalue weighted by Gasteiger charge is -2.12. The monoisotopic (exact) mass is 455 g/mol. The van der Waals surface area contributed by atoms with Crippen LogP contribution < -0.4 is 5.32 Å². The molecule has 0 amide bonds. The summed E-state index contributed by atoms with van der Waals surface area (Å²) in [6, 6.07) is 13.5. The van der Waals surface area contributed by atoms with Crippen molar-refractivity contribution in [3.8, 4) is 22.4 Å². The first kappa shape index (κ1) is 21.7. The third kappa shape index (κ3) is 4.39. The summed E-state index contributed by atoms with van der Waals surface area (Å²) in [5.74, 6) is 0.483. The van der Waals surface area contributed by atoms with E-state index in [-0.39, 0.29) is 6.61 Å². The maximum absolute atomic E-state index is 10.7. The number of hydrogen-bond donors (Lipinski definition) is 4. The predicted octanol–water partition coefficient (Wildman–Crippen LogP) is 3.19. The second-order valence-electron chi connectivity index (χ2n) is 7.99. The molecule has 0 saturated carbocycles. The van der Waals surface area contributed by atoms with E-state index in [0.29, 0.717) is 18.9 Å². The zero-order valence-electron chi connectivity index (χ0n) is 18.7. The SMILES string of the molecule is CNc1nc(CC(O)c2ccccc2)cc(-c2c[nH]c3ncc(-c4cnn(CCO)c4)cc23)n1. The number of anilines is 1. The third-order valence-electron chi connectivity index (χ3n) is 5.69. The smallest absolute Gasteiger partial charge is 0.223 e. The molecule has 4 N–H and O–H groups in total. The summed E-state index contributed by atoms with van der Waals surface area (Å²) in [5.41, 5.74) is 5.78. The summed E-state index contributed by atoms with van der Waals surface area (Å²) >= 11 is 0. The van der Waals surface area contributed by atoms with Gasteiger partial charge in [0.05, 0.1) is 31.1 Å². The number of nitrogens with zero attached hydrogens (tertiary/aromatic N) is 5. The lowest BCUT2D eigenvalue weighted by atomic mass is 10.0. The normalized spacial score (nSPS) is 12.2. The van der Waals surface area contributed by atoms with Crippen molar-refractivity contribution in [1.82, 2.24) is 29.7 Å². The summed E-state index contributed by atoms with van der Waals surface area (Å²) in [7, 11) is 1.77. The molecule has 0 fully saturated rings. The van der Waals surface area contributed by atoms with Gasteiger partial charge in [-0.2, -0.15) is 5.10 Å². The number of rotatable bonds is 8. The van der Waals surface area contributed by atoms with E-state index in [1.54, 1.807) is 24.1 Å². The Morgan fingerprint density at radius 3 is 2.74 bits per heavy atom. The molecule has 1 atom stereocenters. The molecule has 0 aliphatic rings. The van der Waals surface area contributed by atoms with Crippen LogP contribution in [-0.4, -0.2) is 53.6 Å². The van der Waals surface area contributed by atoms with E-state index in [2.05, 4.69) is 30.4 Å². The molecule has 0 aliphatic heterocycles. The second-order valence-corrected chi connectivity index (χ2v) is 7.99. The van der Waals surface area contributed by atoms with Gasteiger partial charge < -0.3 is 20.5 Å². The molecule has 9 heteroatoms. The minimum absolute atomic E-state index is 0.0309.